The fourth-order valence-electron chi connectivity index (χ4n) is 1.73. The Bertz CT molecular complexity index is 524. The van der Waals surface area contributed by atoms with E-state index in [2.05, 4.69) is 5.32 Å². The topological polar surface area (TPSA) is 92.4 Å². The molecule has 0 saturated carbocycles. The monoisotopic (exact) mass is 324 g/mol. The highest BCUT2D eigenvalue weighted by molar-refractivity contribution is 8.00. The number of rotatable bonds is 7. The number of nitrogens with one attached hydrogen (secondary N) is 1. The van der Waals surface area contributed by atoms with Crippen LogP contribution in [0.2, 0.25) is 0 Å². The van der Waals surface area contributed by atoms with Crippen LogP contribution in [-0.4, -0.2) is 33.3 Å². The van der Waals surface area contributed by atoms with Gasteiger partial charge < -0.3 is 16.2 Å². The van der Waals surface area contributed by atoms with Gasteiger partial charge in [-0.15, -0.1) is 11.8 Å². The molecule has 0 aliphatic heterocycles. The van der Waals surface area contributed by atoms with Crippen molar-refractivity contribution >= 4 is 23.6 Å². The van der Waals surface area contributed by atoms with Crippen LogP contribution in [0, 0.1) is 0 Å². The van der Waals surface area contributed by atoms with Crippen LogP contribution in [0.4, 0.5) is 0 Å². The molecule has 0 saturated heterocycles. The third-order valence-corrected chi connectivity index (χ3v) is 4.82. The molecule has 0 spiro atoms. The van der Waals surface area contributed by atoms with Crippen molar-refractivity contribution in [3.63, 3.8) is 0 Å². The molecule has 6 heteroatoms. The molecule has 0 radical (unpaired) electrons. The summed E-state index contributed by atoms with van der Waals surface area (Å²) in [6.45, 7) is 6.44. The number of hydrogen-bond donors (Lipinski definition) is 3. The van der Waals surface area contributed by atoms with Crippen LogP contribution in [-0.2, 0) is 9.59 Å². The Balaban J connectivity index is 2.78. The van der Waals surface area contributed by atoms with Crippen LogP contribution in [0.3, 0.4) is 0 Å². The lowest BCUT2D eigenvalue weighted by atomic mass is 10.00. The molecule has 1 atom stereocenters. The largest absolute Gasteiger partial charge is 0.389 e. The van der Waals surface area contributed by atoms with E-state index in [1.807, 2.05) is 30.3 Å². The van der Waals surface area contributed by atoms with Crippen molar-refractivity contribution < 1.29 is 14.7 Å². The zero-order valence-electron chi connectivity index (χ0n) is 13.4. The minimum atomic E-state index is -1.11. The first-order chi connectivity index (χ1) is 10.0. The molecule has 1 aromatic carbocycles. The van der Waals surface area contributed by atoms with Crippen molar-refractivity contribution in [2.45, 2.75) is 55.4 Å². The Kier molecular flexibility index (Phi) is 6.02. The van der Waals surface area contributed by atoms with Crippen LogP contribution in [0.15, 0.2) is 35.2 Å². The maximum absolute atomic E-state index is 12.2. The summed E-state index contributed by atoms with van der Waals surface area (Å²) < 4.78 is 0. The molecule has 1 aromatic rings. The Morgan fingerprint density at radius 3 is 2.23 bits per heavy atom. The van der Waals surface area contributed by atoms with Gasteiger partial charge in [-0.3, -0.25) is 9.59 Å². The van der Waals surface area contributed by atoms with Crippen LogP contribution in [0.5, 0.6) is 0 Å². The quantitative estimate of drug-likeness (QED) is 0.666. The van der Waals surface area contributed by atoms with Gasteiger partial charge in [-0.1, -0.05) is 18.2 Å². The first kappa shape index (κ1) is 18.5. The predicted octanol–water partition coefficient (Wildman–Crippen LogP) is 1.69. The summed E-state index contributed by atoms with van der Waals surface area (Å²) >= 11 is 1.43. The smallest absolute Gasteiger partial charge is 0.242 e. The highest BCUT2D eigenvalue weighted by Gasteiger charge is 2.33. The molecule has 2 amide bonds. The Morgan fingerprint density at radius 1 is 1.23 bits per heavy atom. The highest BCUT2D eigenvalue weighted by Crippen LogP contribution is 2.32. The minimum Gasteiger partial charge on any atom is -0.389 e. The average molecular weight is 324 g/mol. The number of carbonyl (C=O) groups excluding carboxylic acids is 2. The Morgan fingerprint density at radius 2 is 1.77 bits per heavy atom. The van der Waals surface area contributed by atoms with Gasteiger partial charge in [-0.2, -0.15) is 0 Å². The third kappa shape index (κ3) is 5.69. The zero-order valence-corrected chi connectivity index (χ0v) is 14.2. The van der Waals surface area contributed by atoms with E-state index in [1.165, 1.54) is 11.8 Å². The van der Waals surface area contributed by atoms with Gasteiger partial charge in [0.2, 0.25) is 11.8 Å². The first-order valence-electron chi connectivity index (χ1n) is 7.07. The summed E-state index contributed by atoms with van der Waals surface area (Å²) in [5.41, 5.74) is 3.09. The van der Waals surface area contributed by atoms with Crippen LogP contribution in [0.1, 0.15) is 34.1 Å². The number of aliphatic hydroxyl groups is 1. The second-order valence-electron chi connectivity index (χ2n) is 6.31. The Labute approximate surface area is 135 Å². The summed E-state index contributed by atoms with van der Waals surface area (Å²) in [6.07, 6.45) is 0.0831. The number of benzene rings is 1. The lowest BCUT2D eigenvalue weighted by Crippen LogP contribution is -2.54. The first-order valence-corrected chi connectivity index (χ1v) is 7.95. The van der Waals surface area contributed by atoms with Crippen molar-refractivity contribution in [1.82, 2.24) is 5.32 Å². The molecule has 0 aliphatic rings. The van der Waals surface area contributed by atoms with E-state index in [9.17, 15) is 14.7 Å². The summed E-state index contributed by atoms with van der Waals surface area (Å²) in [6, 6.07) is 9.56. The van der Waals surface area contributed by atoms with Gasteiger partial charge in [0.05, 0.1) is 5.60 Å². The molecule has 5 nitrogen and oxygen atoms in total. The molecular weight excluding hydrogens is 300 g/mol. The maximum atomic E-state index is 12.2. The van der Waals surface area contributed by atoms with E-state index >= 15 is 0 Å². The van der Waals surface area contributed by atoms with Crippen molar-refractivity contribution in [3.8, 4) is 0 Å². The molecule has 0 heterocycles. The molecule has 0 fully saturated rings. The van der Waals surface area contributed by atoms with E-state index in [0.717, 1.165) is 4.90 Å². The van der Waals surface area contributed by atoms with Crippen molar-refractivity contribution in [1.29, 1.82) is 0 Å². The van der Waals surface area contributed by atoms with Crippen molar-refractivity contribution in [3.05, 3.63) is 30.3 Å². The van der Waals surface area contributed by atoms with Gasteiger partial charge in [0, 0.05) is 16.6 Å². The second-order valence-corrected chi connectivity index (χ2v) is 7.59. The van der Waals surface area contributed by atoms with Gasteiger partial charge >= 0.3 is 0 Å². The molecule has 22 heavy (non-hydrogen) atoms. The van der Waals surface area contributed by atoms with E-state index < -0.39 is 17.0 Å². The summed E-state index contributed by atoms with van der Waals surface area (Å²) in [4.78, 5) is 24.4. The molecule has 0 bridgehead atoms. The fourth-order valence-corrected chi connectivity index (χ4v) is 2.89. The van der Waals surface area contributed by atoms with E-state index in [0.29, 0.717) is 0 Å². The number of carbonyl (C=O) groups is 2. The molecule has 1 unspecified atom stereocenters. The maximum Gasteiger partial charge on any atom is 0.242 e. The van der Waals surface area contributed by atoms with Gasteiger partial charge in [0.1, 0.15) is 5.54 Å². The Hall–Kier alpha value is -1.53. The van der Waals surface area contributed by atoms with Gasteiger partial charge in [0.25, 0.3) is 0 Å². The van der Waals surface area contributed by atoms with Crippen LogP contribution in [0.25, 0.3) is 0 Å². The molecule has 0 aliphatic carbocycles. The standard InChI is InChI=1S/C16H24N2O3S/c1-15(2,14(17)20)18-13(19)10-12(16(3,4)21)22-11-8-6-5-7-9-11/h5-9,12,21H,10H2,1-4H3,(H2,17,20)(H,18,19). The normalized spacial score (nSPS) is 13.5. The SMILES string of the molecule is CC(C)(NC(=O)CC(Sc1ccccc1)C(C)(C)O)C(N)=O. The molecule has 122 valence electrons. The average Bonchev–Trinajstić information content (AvgIpc) is 2.37. The zero-order chi connectivity index (χ0) is 17.0. The predicted molar refractivity (Wildman–Crippen MR) is 88.4 cm³/mol. The third-order valence-electron chi connectivity index (χ3n) is 3.25. The van der Waals surface area contributed by atoms with E-state index in [1.54, 1.807) is 27.7 Å². The lowest BCUT2D eigenvalue weighted by molar-refractivity contribution is -0.130. The van der Waals surface area contributed by atoms with Crippen LogP contribution < -0.4 is 11.1 Å². The van der Waals surface area contributed by atoms with Gasteiger partial charge in [-0.25, -0.2) is 0 Å². The minimum absolute atomic E-state index is 0.0831. The van der Waals surface area contributed by atoms with E-state index in [-0.39, 0.29) is 17.6 Å². The molecule has 0 aromatic heterocycles. The number of amides is 2. The number of primary amides is 1. The number of nitrogens with two attached hydrogens (primary N) is 1. The summed E-state index contributed by atoms with van der Waals surface area (Å²) in [5.74, 6) is -0.921. The fraction of sp³-hybridized carbons (Fsp3) is 0.500. The van der Waals surface area contributed by atoms with E-state index in [4.69, 9.17) is 5.73 Å². The summed E-state index contributed by atoms with van der Waals surface area (Å²) in [7, 11) is 0. The lowest BCUT2D eigenvalue weighted by Gasteiger charge is -2.30. The number of thioether (sulfide) groups is 1. The molecular formula is C16H24N2O3S. The van der Waals surface area contributed by atoms with Crippen molar-refractivity contribution in [2.24, 2.45) is 5.73 Å². The second kappa shape index (κ2) is 7.15. The van der Waals surface area contributed by atoms with Crippen LogP contribution >= 0.6 is 11.8 Å². The molecule has 1 rings (SSSR count). The molecule has 4 N–H and O–H groups in total. The van der Waals surface area contributed by atoms with Crippen molar-refractivity contribution in [2.75, 3.05) is 0 Å². The van der Waals surface area contributed by atoms with Gasteiger partial charge in [0.15, 0.2) is 0 Å². The van der Waals surface area contributed by atoms with Gasteiger partial charge in [-0.05, 0) is 39.8 Å². The number of hydrogen-bond acceptors (Lipinski definition) is 4. The highest BCUT2D eigenvalue weighted by atomic mass is 32.2. The summed E-state index contributed by atoms with van der Waals surface area (Å²) in [5, 5.41) is 12.6.